The van der Waals surface area contributed by atoms with Gasteiger partial charge in [0.1, 0.15) is 0 Å². The number of anilines is 2. The fourth-order valence-corrected chi connectivity index (χ4v) is 2.91. The maximum atomic E-state index is 5.74. The van der Waals surface area contributed by atoms with E-state index in [-0.39, 0.29) is 5.54 Å². The van der Waals surface area contributed by atoms with Crippen LogP contribution in [0.2, 0.25) is 0 Å². The first-order chi connectivity index (χ1) is 7.59. The summed E-state index contributed by atoms with van der Waals surface area (Å²) in [6, 6.07) is 5.95. The Hall–Kier alpha value is -0.700. The van der Waals surface area contributed by atoms with E-state index in [0.29, 0.717) is 0 Å². The van der Waals surface area contributed by atoms with Crippen LogP contribution >= 0.6 is 15.9 Å². The van der Waals surface area contributed by atoms with Gasteiger partial charge in [0.15, 0.2) is 0 Å². The smallest absolute Gasteiger partial charge is 0.0490 e. The molecule has 1 aromatic carbocycles. The van der Waals surface area contributed by atoms with Gasteiger partial charge in [-0.1, -0.05) is 19.3 Å². The summed E-state index contributed by atoms with van der Waals surface area (Å²) in [6.45, 7) is 2.31. The van der Waals surface area contributed by atoms with Gasteiger partial charge in [0.25, 0.3) is 0 Å². The topological polar surface area (TPSA) is 38.0 Å². The van der Waals surface area contributed by atoms with E-state index in [0.717, 1.165) is 15.8 Å². The molecule has 2 rings (SSSR count). The Morgan fingerprint density at radius 1 is 1.25 bits per heavy atom. The lowest BCUT2D eigenvalue weighted by Gasteiger charge is -2.36. The first-order valence-electron chi connectivity index (χ1n) is 5.92. The van der Waals surface area contributed by atoms with E-state index in [2.05, 4.69) is 34.2 Å². The van der Waals surface area contributed by atoms with Crippen LogP contribution in [0.25, 0.3) is 0 Å². The monoisotopic (exact) mass is 282 g/mol. The van der Waals surface area contributed by atoms with E-state index >= 15 is 0 Å². The molecule has 1 saturated carbocycles. The van der Waals surface area contributed by atoms with Crippen LogP contribution in [0.5, 0.6) is 0 Å². The van der Waals surface area contributed by atoms with E-state index in [9.17, 15) is 0 Å². The van der Waals surface area contributed by atoms with Crippen molar-refractivity contribution in [1.82, 2.24) is 0 Å². The standard InChI is InChI=1S/C13H19BrN2/c1-13(7-3-2-4-8-13)16-12-6-5-10(15)9-11(12)14/h5-6,9,16H,2-4,7-8,15H2,1H3. The summed E-state index contributed by atoms with van der Waals surface area (Å²) < 4.78 is 1.05. The fraction of sp³-hybridized carbons (Fsp3) is 0.538. The average Bonchev–Trinajstić information content (AvgIpc) is 2.23. The number of hydrogen-bond donors (Lipinski definition) is 2. The highest BCUT2D eigenvalue weighted by molar-refractivity contribution is 9.10. The molecule has 3 heteroatoms. The highest BCUT2D eigenvalue weighted by Crippen LogP contribution is 2.34. The molecular weight excluding hydrogens is 264 g/mol. The third-order valence-corrected chi connectivity index (χ3v) is 4.04. The molecule has 0 atom stereocenters. The second kappa shape index (κ2) is 4.66. The summed E-state index contributed by atoms with van der Waals surface area (Å²) >= 11 is 3.56. The molecule has 88 valence electrons. The summed E-state index contributed by atoms with van der Waals surface area (Å²) in [7, 11) is 0. The second-order valence-electron chi connectivity index (χ2n) is 4.99. The molecule has 1 aromatic rings. The third-order valence-electron chi connectivity index (χ3n) is 3.39. The van der Waals surface area contributed by atoms with Crippen LogP contribution in [0, 0.1) is 0 Å². The Kier molecular flexibility index (Phi) is 3.43. The normalized spacial score (nSPS) is 19.4. The number of nitrogen functional groups attached to an aromatic ring is 1. The second-order valence-corrected chi connectivity index (χ2v) is 5.84. The van der Waals surface area contributed by atoms with Crippen molar-refractivity contribution < 1.29 is 0 Å². The number of rotatable bonds is 2. The minimum absolute atomic E-state index is 0.247. The van der Waals surface area contributed by atoms with Gasteiger partial charge in [-0.2, -0.15) is 0 Å². The van der Waals surface area contributed by atoms with Crippen LogP contribution < -0.4 is 11.1 Å². The lowest BCUT2D eigenvalue weighted by atomic mass is 9.83. The molecule has 1 fully saturated rings. The van der Waals surface area contributed by atoms with Crippen molar-refractivity contribution in [2.45, 2.75) is 44.6 Å². The predicted molar refractivity (Wildman–Crippen MR) is 73.7 cm³/mol. The molecule has 0 unspecified atom stereocenters. The maximum absolute atomic E-state index is 5.74. The van der Waals surface area contributed by atoms with Crippen LogP contribution in [0.4, 0.5) is 11.4 Å². The van der Waals surface area contributed by atoms with Crippen molar-refractivity contribution in [3.8, 4) is 0 Å². The quantitative estimate of drug-likeness (QED) is 0.799. The Morgan fingerprint density at radius 2 is 1.94 bits per heavy atom. The number of nitrogens with one attached hydrogen (secondary N) is 1. The molecule has 0 aromatic heterocycles. The molecule has 3 N–H and O–H groups in total. The first-order valence-corrected chi connectivity index (χ1v) is 6.72. The zero-order valence-corrected chi connectivity index (χ0v) is 11.3. The Morgan fingerprint density at radius 3 is 2.56 bits per heavy atom. The maximum Gasteiger partial charge on any atom is 0.0490 e. The largest absolute Gasteiger partial charge is 0.399 e. The van der Waals surface area contributed by atoms with Crippen LogP contribution in [0.3, 0.4) is 0 Å². The summed E-state index contributed by atoms with van der Waals surface area (Å²) in [4.78, 5) is 0. The summed E-state index contributed by atoms with van der Waals surface area (Å²) in [5, 5.41) is 3.65. The molecule has 16 heavy (non-hydrogen) atoms. The highest BCUT2D eigenvalue weighted by atomic mass is 79.9. The van der Waals surface area contributed by atoms with Crippen LogP contribution in [-0.4, -0.2) is 5.54 Å². The van der Waals surface area contributed by atoms with Gasteiger partial charge in [-0.15, -0.1) is 0 Å². The van der Waals surface area contributed by atoms with Gasteiger partial charge < -0.3 is 11.1 Å². The number of nitrogens with two attached hydrogens (primary N) is 1. The first kappa shape index (κ1) is 11.8. The molecule has 0 saturated heterocycles. The van der Waals surface area contributed by atoms with Crippen molar-refractivity contribution in [2.75, 3.05) is 11.1 Å². The minimum atomic E-state index is 0.247. The Bertz CT molecular complexity index is 370. The van der Waals surface area contributed by atoms with Gasteiger partial charge in [0, 0.05) is 21.4 Å². The highest BCUT2D eigenvalue weighted by Gasteiger charge is 2.26. The number of benzene rings is 1. The molecule has 0 spiro atoms. The lowest BCUT2D eigenvalue weighted by molar-refractivity contribution is 0.349. The van der Waals surface area contributed by atoms with E-state index < -0.39 is 0 Å². The van der Waals surface area contributed by atoms with Gasteiger partial charge in [-0.3, -0.25) is 0 Å². The molecule has 0 radical (unpaired) electrons. The van der Waals surface area contributed by atoms with E-state index in [1.807, 2.05) is 12.1 Å². The van der Waals surface area contributed by atoms with Crippen LogP contribution in [0.1, 0.15) is 39.0 Å². The molecule has 1 aliphatic rings. The van der Waals surface area contributed by atoms with Crippen molar-refractivity contribution in [3.63, 3.8) is 0 Å². The lowest BCUT2D eigenvalue weighted by Crippen LogP contribution is -2.36. The Labute approximate surface area is 106 Å². The fourth-order valence-electron chi connectivity index (χ4n) is 2.41. The molecule has 0 heterocycles. The van der Waals surface area contributed by atoms with Crippen molar-refractivity contribution >= 4 is 27.3 Å². The molecule has 1 aliphatic carbocycles. The molecular formula is C13H19BrN2. The molecule has 2 nitrogen and oxygen atoms in total. The van der Waals surface area contributed by atoms with Gasteiger partial charge >= 0.3 is 0 Å². The van der Waals surface area contributed by atoms with Gasteiger partial charge in [-0.05, 0) is 53.9 Å². The summed E-state index contributed by atoms with van der Waals surface area (Å²) in [5.74, 6) is 0. The van der Waals surface area contributed by atoms with Gasteiger partial charge in [0.2, 0.25) is 0 Å². The predicted octanol–water partition coefficient (Wildman–Crippen LogP) is 4.17. The number of halogens is 1. The Balaban J connectivity index is 2.13. The van der Waals surface area contributed by atoms with E-state index in [1.165, 1.54) is 32.1 Å². The minimum Gasteiger partial charge on any atom is -0.399 e. The van der Waals surface area contributed by atoms with Crippen LogP contribution in [0.15, 0.2) is 22.7 Å². The zero-order chi connectivity index (χ0) is 11.6. The van der Waals surface area contributed by atoms with Gasteiger partial charge in [-0.25, -0.2) is 0 Å². The number of hydrogen-bond acceptors (Lipinski definition) is 2. The molecule has 0 bridgehead atoms. The third kappa shape index (κ3) is 2.70. The summed E-state index contributed by atoms with van der Waals surface area (Å²) in [6.07, 6.45) is 6.54. The molecule has 0 aliphatic heterocycles. The molecule has 0 amide bonds. The van der Waals surface area contributed by atoms with Gasteiger partial charge in [0.05, 0.1) is 0 Å². The van der Waals surface area contributed by atoms with Crippen molar-refractivity contribution in [2.24, 2.45) is 0 Å². The average molecular weight is 283 g/mol. The van der Waals surface area contributed by atoms with Crippen molar-refractivity contribution in [3.05, 3.63) is 22.7 Å². The van der Waals surface area contributed by atoms with E-state index in [4.69, 9.17) is 5.73 Å². The zero-order valence-electron chi connectivity index (χ0n) is 9.72. The SMILES string of the molecule is CC1(Nc2ccc(N)cc2Br)CCCCC1. The summed E-state index contributed by atoms with van der Waals surface area (Å²) in [5.41, 5.74) is 7.93. The van der Waals surface area contributed by atoms with Crippen LogP contribution in [-0.2, 0) is 0 Å². The van der Waals surface area contributed by atoms with E-state index in [1.54, 1.807) is 0 Å². The van der Waals surface area contributed by atoms with Crippen molar-refractivity contribution in [1.29, 1.82) is 0 Å².